The minimum Gasteiger partial charge on any atom is -0.366 e. The van der Waals surface area contributed by atoms with Crippen molar-refractivity contribution in [2.24, 2.45) is 5.73 Å². The summed E-state index contributed by atoms with van der Waals surface area (Å²) in [7, 11) is 0. The van der Waals surface area contributed by atoms with Crippen LogP contribution in [0.3, 0.4) is 0 Å². The van der Waals surface area contributed by atoms with Gasteiger partial charge >= 0.3 is 5.97 Å². The highest BCUT2D eigenvalue weighted by atomic mass is 127. The number of carbonyl (C=O) groups excluding carboxylic acids is 6. The number of piperazine rings is 1. The van der Waals surface area contributed by atoms with Gasteiger partial charge in [0.2, 0.25) is 5.91 Å². The molecule has 3 aromatic carbocycles. The zero-order valence-electron chi connectivity index (χ0n) is 24.3. The second-order valence-electron chi connectivity index (χ2n) is 10.7. The molecule has 0 atom stereocenters. The lowest BCUT2D eigenvalue weighted by Crippen LogP contribution is -2.50. The van der Waals surface area contributed by atoms with Crippen LogP contribution >= 0.6 is 22.6 Å². The molecule has 0 bridgehead atoms. The number of halogens is 2. The van der Waals surface area contributed by atoms with Gasteiger partial charge < -0.3 is 20.4 Å². The normalized spacial score (nSPS) is 14.8. The first kappa shape index (κ1) is 32.4. The largest absolute Gasteiger partial charge is 0.366 e. The summed E-state index contributed by atoms with van der Waals surface area (Å²) in [5, 5.41) is 6.71. The minimum absolute atomic E-state index is 0.0112. The van der Waals surface area contributed by atoms with Gasteiger partial charge in [0.05, 0.1) is 28.7 Å². The summed E-state index contributed by atoms with van der Waals surface area (Å²) in [5.74, 6) is -4.48. The van der Waals surface area contributed by atoms with E-state index in [0.29, 0.717) is 25.5 Å². The number of rotatable bonds is 8. The lowest BCUT2D eigenvalue weighted by molar-refractivity contribution is -0.172. The van der Waals surface area contributed by atoms with E-state index in [2.05, 4.69) is 0 Å². The first-order valence-electron chi connectivity index (χ1n) is 14.2. The van der Waals surface area contributed by atoms with Crippen LogP contribution in [0.1, 0.15) is 65.4 Å². The van der Waals surface area contributed by atoms with Crippen molar-refractivity contribution in [2.75, 3.05) is 26.2 Å². The van der Waals surface area contributed by atoms with E-state index in [-0.39, 0.29) is 67.7 Å². The van der Waals surface area contributed by atoms with Crippen LogP contribution in [0.4, 0.5) is 4.39 Å². The van der Waals surface area contributed by atoms with Crippen LogP contribution in [0.5, 0.6) is 0 Å². The molecule has 0 spiro atoms. The topological polar surface area (TPSA) is 173 Å². The number of nitrogens with zero attached hydrogens (tertiary/aromatic N) is 3. The summed E-state index contributed by atoms with van der Waals surface area (Å²) in [6.45, 7) is 0.566. The lowest BCUT2D eigenvalue weighted by atomic mass is 9.96. The summed E-state index contributed by atoms with van der Waals surface area (Å²) < 4.78 is 15.4. The van der Waals surface area contributed by atoms with Crippen LogP contribution in [-0.2, 0) is 20.8 Å². The van der Waals surface area contributed by atoms with E-state index < -0.39 is 41.3 Å². The van der Waals surface area contributed by atoms with Crippen LogP contribution in [-0.4, -0.2) is 82.3 Å². The predicted octanol–water partition coefficient (Wildman–Crippen LogP) is 1.14. The summed E-state index contributed by atoms with van der Waals surface area (Å²) in [6, 6.07) is 15.1. The Bertz CT molecular complexity index is 1790. The van der Waals surface area contributed by atoms with Gasteiger partial charge in [-0.1, -0.05) is 18.2 Å². The first-order chi connectivity index (χ1) is 21.9. The molecule has 2 saturated heterocycles. The van der Waals surface area contributed by atoms with Crippen molar-refractivity contribution in [3.8, 4) is 0 Å². The molecule has 0 unspecified atom stereocenters. The first-order valence-corrected chi connectivity index (χ1v) is 15.3. The average Bonchev–Trinajstić information content (AvgIpc) is 3.36. The maximum absolute atomic E-state index is 14.9. The van der Waals surface area contributed by atoms with Gasteiger partial charge in [-0.3, -0.25) is 29.4 Å². The van der Waals surface area contributed by atoms with Gasteiger partial charge in [0.25, 0.3) is 23.6 Å². The molecular weight excluding hydrogens is 712 g/mol. The Kier molecular flexibility index (Phi) is 9.55. The van der Waals surface area contributed by atoms with E-state index in [4.69, 9.17) is 16.0 Å². The average molecular weight is 741 g/mol. The molecule has 14 heteroatoms. The Hall–Kier alpha value is -4.99. The van der Waals surface area contributed by atoms with Crippen molar-refractivity contribution in [3.05, 3.63) is 103 Å². The minimum atomic E-state index is -0.952. The molecule has 2 aliphatic rings. The van der Waals surface area contributed by atoms with Gasteiger partial charge in [-0.15, -0.1) is 5.06 Å². The van der Waals surface area contributed by atoms with Crippen LogP contribution < -0.4 is 11.1 Å². The van der Waals surface area contributed by atoms with Crippen LogP contribution in [0.2, 0.25) is 0 Å². The molecule has 5 amide bonds. The monoisotopic (exact) mass is 740 g/mol. The number of carbonyl (C=O) groups is 6. The Morgan fingerprint density at radius 3 is 2.02 bits per heavy atom. The van der Waals surface area contributed by atoms with Crippen molar-refractivity contribution in [3.63, 3.8) is 0 Å². The number of hydrogen-bond acceptors (Lipinski definition) is 7. The number of hydrogen-bond donors (Lipinski definition) is 2. The molecule has 3 aromatic rings. The number of benzene rings is 3. The molecule has 12 nitrogen and oxygen atoms in total. The van der Waals surface area contributed by atoms with Gasteiger partial charge in [0, 0.05) is 48.2 Å². The van der Waals surface area contributed by atoms with E-state index >= 15 is 0 Å². The van der Waals surface area contributed by atoms with Gasteiger partial charge in [-0.2, -0.15) is 0 Å². The molecule has 0 radical (unpaired) electrons. The third kappa shape index (κ3) is 6.96. The van der Waals surface area contributed by atoms with Crippen molar-refractivity contribution in [1.82, 2.24) is 14.9 Å². The Labute approximate surface area is 275 Å². The molecule has 5 rings (SSSR count). The van der Waals surface area contributed by atoms with Crippen molar-refractivity contribution >= 4 is 63.8 Å². The van der Waals surface area contributed by atoms with Crippen molar-refractivity contribution in [1.29, 1.82) is 0 Å². The van der Waals surface area contributed by atoms with E-state index in [9.17, 15) is 33.2 Å². The van der Waals surface area contributed by atoms with Gasteiger partial charge in [-0.05, 0) is 70.6 Å². The van der Waals surface area contributed by atoms with E-state index in [1.54, 1.807) is 30.3 Å². The summed E-state index contributed by atoms with van der Waals surface area (Å²) in [6.07, 6.45) is 0.0496. The fourth-order valence-electron chi connectivity index (χ4n) is 5.23. The van der Waals surface area contributed by atoms with Crippen LogP contribution in [0, 0.1) is 9.39 Å². The predicted molar refractivity (Wildman–Crippen MR) is 169 cm³/mol. The number of imide groups is 1. The second-order valence-corrected chi connectivity index (χ2v) is 11.9. The maximum Gasteiger partial charge on any atom is 0.363 e. The van der Waals surface area contributed by atoms with Crippen LogP contribution in [0.15, 0.2) is 60.7 Å². The van der Waals surface area contributed by atoms with Crippen LogP contribution in [0.25, 0.3) is 0 Å². The fourth-order valence-corrected chi connectivity index (χ4v) is 5.90. The highest BCUT2D eigenvalue weighted by Crippen LogP contribution is 2.21. The molecule has 46 heavy (non-hydrogen) atoms. The number of amides is 5. The molecule has 2 fully saturated rings. The molecule has 236 valence electrons. The zero-order chi connectivity index (χ0) is 33.1. The zero-order valence-corrected chi connectivity index (χ0v) is 26.5. The highest BCUT2D eigenvalue weighted by molar-refractivity contribution is 14.1. The molecule has 2 heterocycles. The summed E-state index contributed by atoms with van der Waals surface area (Å²) >= 11 is 1.94. The molecule has 0 aromatic heterocycles. The van der Waals surface area contributed by atoms with Crippen molar-refractivity contribution in [2.45, 2.75) is 19.3 Å². The van der Waals surface area contributed by atoms with Gasteiger partial charge in [-0.25, -0.2) is 9.18 Å². The molecule has 4 N–H and O–H groups in total. The van der Waals surface area contributed by atoms with E-state index in [0.717, 1.165) is 0 Å². The number of hydroxylamine groups is 2. The quantitative estimate of drug-likeness (QED) is 0.198. The molecule has 2 aliphatic heterocycles. The van der Waals surface area contributed by atoms with Crippen molar-refractivity contribution < 1.29 is 43.4 Å². The second kappa shape index (κ2) is 13.6. The summed E-state index contributed by atoms with van der Waals surface area (Å²) in [4.78, 5) is 82.8. The lowest BCUT2D eigenvalue weighted by Gasteiger charge is -2.35. The molecule has 0 saturated carbocycles. The smallest absolute Gasteiger partial charge is 0.363 e. The van der Waals surface area contributed by atoms with E-state index in [1.807, 2.05) is 22.6 Å². The molecular formula is C32H28FIN5O7+. The maximum atomic E-state index is 14.9. The SMILES string of the molecule is NC(=O)c1ccccc1C(=[NH2+])Cc1ccc(F)c(C(=O)N2CCN(C(=O)c3cc(I)cc(C(=O)ON4C(=O)CCC4=O)c3)CC2)c1. The third-order valence-corrected chi connectivity index (χ3v) is 8.23. The Morgan fingerprint density at radius 2 is 1.39 bits per heavy atom. The fraction of sp³-hybridized carbons (Fsp3) is 0.219. The molecule has 0 aliphatic carbocycles. The van der Waals surface area contributed by atoms with Gasteiger partial charge in [0.15, 0.2) is 5.71 Å². The Balaban J connectivity index is 1.23. The highest BCUT2D eigenvalue weighted by Gasteiger charge is 2.34. The standard InChI is InChI=1S/C32H27FIN5O7/c33-25-6-5-18(14-26(35)22-3-1-2-4-23(22)29(36)42)13-24(25)31(44)38-11-9-37(10-12-38)30(43)19-15-20(17-21(34)16-19)32(45)46-39-27(40)7-8-28(39)41/h1-6,13,15-17,35H,7-12,14H2,(H2,36,42)/p+1. The Morgan fingerprint density at radius 1 is 0.804 bits per heavy atom. The number of nitrogens with two attached hydrogens (primary N) is 2. The van der Waals surface area contributed by atoms with E-state index in [1.165, 1.54) is 40.1 Å². The van der Waals surface area contributed by atoms with Gasteiger partial charge in [0.1, 0.15) is 5.82 Å². The third-order valence-electron chi connectivity index (χ3n) is 7.61. The number of primary amides is 1. The summed E-state index contributed by atoms with van der Waals surface area (Å²) in [5.41, 5.74) is 7.08.